The quantitative estimate of drug-likeness (QED) is 0.681. The lowest BCUT2D eigenvalue weighted by Gasteiger charge is -2.17. The van der Waals surface area contributed by atoms with Gasteiger partial charge in [-0.05, 0) is 32.0 Å². The fourth-order valence-electron chi connectivity index (χ4n) is 1.82. The van der Waals surface area contributed by atoms with Crippen LogP contribution in [0.5, 0.6) is 11.5 Å². The van der Waals surface area contributed by atoms with Gasteiger partial charge in [0.05, 0.1) is 26.2 Å². The largest absolute Gasteiger partial charge is 0.545 e. The normalized spacial score (nSPS) is 10.5. The van der Waals surface area contributed by atoms with Crippen LogP contribution in [0.1, 0.15) is 24.2 Å². The highest BCUT2D eigenvalue weighted by molar-refractivity contribution is 5.86. The minimum absolute atomic E-state index is 0.0820. The third kappa shape index (κ3) is 4.44. The predicted molar refractivity (Wildman–Crippen MR) is 69.7 cm³/mol. The Morgan fingerprint density at radius 2 is 1.95 bits per heavy atom. The van der Waals surface area contributed by atoms with Crippen LogP contribution in [0, 0.1) is 0 Å². The lowest BCUT2D eigenvalue weighted by Crippen LogP contribution is -3.12. The van der Waals surface area contributed by atoms with Crippen LogP contribution in [0.4, 0.5) is 0 Å². The molecule has 1 N–H and O–H groups in total. The van der Waals surface area contributed by atoms with Gasteiger partial charge < -0.3 is 24.3 Å². The number of aromatic carboxylic acids is 1. The zero-order valence-electron chi connectivity index (χ0n) is 11.7. The van der Waals surface area contributed by atoms with Gasteiger partial charge in [-0.25, -0.2) is 0 Å². The molecule has 5 nitrogen and oxygen atoms in total. The molecule has 0 aliphatic rings. The van der Waals surface area contributed by atoms with Crippen LogP contribution in [-0.2, 0) is 0 Å². The van der Waals surface area contributed by atoms with Gasteiger partial charge in [0, 0.05) is 5.56 Å². The molecule has 5 heteroatoms. The molecular weight excluding hydrogens is 246 g/mol. The molecule has 0 amide bonds. The van der Waals surface area contributed by atoms with Gasteiger partial charge in [-0.2, -0.15) is 0 Å². The Hall–Kier alpha value is -1.75. The van der Waals surface area contributed by atoms with E-state index in [0.29, 0.717) is 18.1 Å². The fraction of sp³-hybridized carbons (Fsp3) is 0.500. The van der Waals surface area contributed by atoms with Crippen LogP contribution in [0.15, 0.2) is 18.2 Å². The zero-order valence-corrected chi connectivity index (χ0v) is 11.7. The molecule has 0 unspecified atom stereocenters. The van der Waals surface area contributed by atoms with Gasteiger partial charge >= 0.3 is 0 Å². The summed E-state index contributed by atoms with van der Waals surface area (Å²) in [7, 11) is 1.48. The molecule has 1 aromatic carbocycles. The zero-order chi connectivity index (χ0) is 14.3. The van der Waals surface area contributed by atoms with Gasteiger partial charge in [0.2, 0.25) is 0 Å². The number of ether oxygens (including phenoxy) is 2. The second-order valence-electron chi connectivity index (χ2n) is 4.21. The summed E-state index contributed by atoms with van der Waals surface area (Å²) in [6, 6.07) is 4.47. The van der Waals surface area contributed by atoms with Crippen molar-refractivity contribution in [2.75, 3.05) is 33.4 Å². The third-order valence-electron chi connectivity index (χ3n) is 3.11. The van der Waals surface area contributed by atoms with E-state index in [0.717, 1.165) is 19.6 Å². The van der Waals surface area contributed by atoms with Crippen molar-refractivity contribution >= 4 is 5.97 Å². The predicted octanol–water partition coefficient (Wildman–Crippen LogP) is -0.638. The fourth-order valence-corrected chi connectivity index (χ4v) is 1.82. The molecule has 19 heavy (non-hydrogen) atoms. The number of carboxylic acids is 1. The van der Waals surface area contributed by atoms with E-state index in [-0.39, 0.29) is 5.56 Å². The summed E-state index contributed by atoms with van der Waals surface area (Å²) in [5.74, 6) is -0.257. The lowest BCUT2D eigenvalue weighted by atomic mass is 10.2. The van der Waals surface area contributed by atoms with Crippen molar-refractivity contribution in [2.45, 2.75) is 13.8 Å². The van der Waals surface area contributed by atoms with Gasteiger partial charge in [-0.3, -0.25) is 0 Å². The summed E-state index contributed by atoms with van der Waals surface area (Å²) < 4.78 is 10.8. The monoisotopic (exact) mass is 267 g/mol. The van der Waals surface area contributed by atoms with Crippen molar-refractivity contribution in [3.05, 3.63) is 23.8 Å². The standard InChI is InChI=1S/C14H21NO4/c1-4-15(5-2)8-9-19-12-7-6-11(14(16)17)10-13(12)18-3/h6-7,10H,4-5,8-9H2,1-3H3,(H,16,17). The molecule has 0 aliphatic heterocycles. The molecule has 0 spiro atoms. The molecule has 106 valence electrons. The summed E-state index contributed by atoms with van der Waals surface area (Å²) in [5, 5.41) is 10.8. The van der Waals surface area contributed by atoms with Crippen molar-refractivity contribution in [3.8, 4) is 11.5 Å². The van der Waals surface area contributed by atoms with Crippen LogP contribution in [0.3, 0.4) is 0 Å². The van der Waals surface area contributed by atoms with Crippen LogP contribution >= 0.6 is 0 Å². The molecule has 1 rings (SSSR count). The van der Waals surface area contributed by atoms with Crippen molar-refractivity contribution in [1.29, 1.82) is 0 Å². The summed E-state index contributed by atoms with van der Waals surface area (Å²) in [4.78, 5) is 12.2. The van der Waals surface area contributed by atoms with Gasteiger partial charge in [-0.1, -0.05) is 0 Å². The minimum atomic E-state index is -1.22. The van der Waals surface area contributed by atoms with Crippen molar-refractivity contribution < 1.29 is 24.3 Å². The van der Waals surface area contributed by atoms with Crippen LogP contribution in [0.25, 0.3) is 0 Å². The van der Waals surface area contributed by atoms with E-state index in [2.05, 4.69) is 13.8 Å². The maximum absolute atomic E-state index is 10.8. The number of quaternary nitrogens is 1. The Balaban J connectivity index is 2.65. The Morgan fingerprint density at radius 3 is 2.47 bits per heavy atom. The van der Waals surface area contributed by atoms with E-state index in [1.165, 1.54) is 24.1 Å². The first-order chi connectivity index (χ1) is 9.12. The lowest BCUT2D eigenvalue weighted by molar-refractivity contribution is -0.896. The highest BCUT2D eigenvalue weighted by atomic mass is 16.5. The molecule has 0 radical (unpaired) electrons. The maximum atomic E-state index is 10.8. The van der Waals surface area contributed by atoms with E-state index in [1.54, 1.807) is 6.07 Å². The van der Waals surface area contributed by atoms with Gasteiger partial charge in [0.25, 0.3) is 0 Å². The molecule has 0 aliphatic carbocycles. The number of methoxy groups -OCH3 is 1. The minimum Gasteiger partial charge on any atom is -0.545 e. The molecule has 0 aromatic heterocycles. The average Bonchev–Trinajstić information content (AvgIpc) is 2.43. The molecule has 0 fully saturated rings. The van der Waals surface area contributed by atoms with Gasteiger partial charge in [0.15, 0.2) is 11.5 Å². The Bertz CT molecular complexity index is 416. The number of hydrogen-bond acceptors (Lipinski definition) is 4. The van der Waals surface area contributed by atoms with Crippen LogP contribution in [0.2, 0.25) is 0 Å². The number of rotatable bonds is 8. The van der Waals surface area contributed by atoms with Gasteiger partial charge in [0.1, 0.15) is 13.2 Å². The SMILES string of the molecule is CC[NH+](CC)CCOc1ccc(C(=O)[O-])cc1OC. The van der Waals surface area contributed by atoms with E-state index >= 15 is 0 Å². The first kappa shape index (κ1) is 15.3. The highest BCUT2D eigenvalue weighted by Gasteiger charge is 2.08. The summed E-state index contributed by atoms with van der Waals surface area (Å²) >= 11 is 0. The molecular formula is C14H21NO4. The summed E-state index contributed by atoms with van der Waals surface area (Å²) in [5.41, 5.74) is 0.0820. The second-order valence-corrected chi connectivity index (χ2v) is 4.21. The molecule has 0 bridgehead atoms. The van der Waals surface area contributed by atoms with Crippen LogP contribution < -0.4 is 19.5 Å². The molecule has 0 saturated heterocycles. The van der Waals surface area contributed by atoms with Gasteiger partial charge in [-0.15, -0.1) is 0 Å². The van der Waals surface area contributed by atoms with E-state index < -0.39 is 5.97 Å². The Labute approximate surface area is 113 Å². The average molecular weight is 267 g/mol. The van der Waals surface area contributed by atoms with Crippen molar-refractivity contribution in [2.24, 2.45) is 0 Å². The summed E-state index contributed by atoms with van der Waals surface area (Å²) in [6.07, 6.45) is 0. The molecule has 1 aromatic rings. The number of likely N-dealkylation sites (N-methyl/N-ethyl adjacent to an activating group) is 1. The molecule has 0 heterocycles. The van der Waals surface area contributed by atoms with Crippen LogP contribution in [-0.4, -0.2) is 39.3 Å². The second kappa shape index (κ2) is 7.63. The number of hydrogen-bond donors (Lipinski definition) is 1. The Kier molecular flexibility index (Phi) is 6.15. The number of carbonyl (C=O) groups excluding carboxylic acids is 1. The number of carbonyl (C=O) groups is 1. The summed E-state index contributed by atoms with van der Waals surface area (Å²) in [6.45, 7) is 7.85. The van der Waals surface area contributed by atoms with E-state index in [9.17, 15) is 9.90 Å². The van der Waals surface area contributed by atoms with Crippen molar-refractivity contribution in [1.82, 2.24) is 0 Å². The highest BCUT2D eigenvalue weighted by Crippen LogP contribution is 2.27. The smallest absolute Gasteiger partial charge is 0.161 e. The first-order valence-corrected chi connectivity index (χ1v) is 6.48. The van der Waals surface area contributed by atoms with E-state index in [4.69, 9.17) is 9.47 Å². The maximum Gasteiger partial charge on any atom is 0.161 e. The third-order valence-corrected chi connectivity index (χ3v) is 3.11. The molecule has 0 saturated carbocycles. The number of carboxylic acid groups (broad SMARTS) is 1. The molecule has 0 atom stereocenters. The number of nitrogens with one attached hydrogen (secondary N) is 1. The first-order valence-electron chi connectivity index (χ1n) is 6.48. The topological polar surface area (TPSA) is 63.0 Å². The van der Waals surface area contributed by atoms with E-state index in [1.807, 2.05) is 0 Å². The number of benzene rings is 1. The van der Waals surface area contributed by atoms with Crippen molar-refractivity contribution in [3.63, 3.8) is 0 Å². The Morgan fingerprint density at radius 1 is 1.26 bits per heavy atom.